The molecule has 4 heteroatoms. The Labute approximate surface area is 87.8 Å². The van der Waals surface area contributed by atoms with Gasteiger partial charge in [0.25, 0.3) is 0 Å². The zero-order chi connectivity index (χ0) is 10.4. The van der Waals surface area contributed by atoms with Gasteiger partial charge in [0.15, 0.2) is 0 Å². The van der Waals surface area contributed by atoms with Gasteiger partial charge in [0, 0.05) is 7.11 Å². The third-order valence-electron chi connectivity index (χ3n) is 1.61. The average Bonchev–Trinajstić information content (AvgIpc) is 2.20. The number of hydrogen-bond donors (Lipinski definition) is 0. The number of rotatable bonds is 4. The van der Waals surface area contributed by atoms with Crippen LogP contribution in [0.2, 0.25) is 5.02 Å². The smallest absolute Gasteiger partial charge is 0.138 e. The number of ether oxygens (including phenoxy) is 2. The summed E-state index contributed by atoms with van der Waals surface area (Å²) in [6, 6.07) is 6.91. The van der Waals surface area contributed by atoms with Crippen LogP contribution in [0, 0.1) is 11.3 Å². The number of benzene rings is 1. The summed E-state index contributed by atoms with van der Waals surface area (Å²) in [6.07, 6.45) is 0. The highest BCUT2D eigenvalue weighted by Crippen LogP contribution is 2.24. The van der Waals surface area contributed by atoms with Crippen molar-refractivity contribution in [1.82, 2.24) is 0 Å². The fraction of sp³-hybridized carbons (Fsp3) is 0.300. The standard InChI is InChI=1S/C10H10ClNO2/c1-13-4-5-14-10-3-2-8(7-12)6-9(10)11/h2-3,6H,4-5H2,1H3. The predicted octanol–water partition coefficient (Wildman–Crippen LogP) is 2.24. The van der Waals surface area contributed by atoms with E-state index in [1.165, 1.54) is 0 Å². The highest BCUT2D eigenvalue weighted by molar-refractivity contribution is 6.32. The van der Waals surface area contributed by atoms with Gasteiger partial charge in [-0.15, -0.1) is 0 Å². The molecule has 0 aromatic heterocycles. The molecule has 1 aromatic carbocycles. The molecule has 0 heterocycles. The molecule has 0 amide bonds. The zero-order valence-corrected chi connectivity index (χ0v) is 8.54. The molecule has 74 valence electrons. The van der Waals surface area contributed by atoms with E-state index in [0.717, 1.165) is 0 Å². The van der Waals surface area contributed by atoms with Crippen molar-refractivity contribution in [3.05, 3.63) is 28.8 Å². The maximum Gasteiger partial charge on any atom is 0.138 e. The minimum atomic E-state index is 0.445. The molecular weight excluding hydrogens is 202 g/mol. The van der Waals surface area contributed by atoms with Crippen LogP contribution in [-0.4, -0.2) is 20.3 Å². The van der Waals surface area contributed by atoms with Gasteiger partial charge in [0.2, 0.25) is 0 Å². The van der Waals surface area contributed by atoms with Crippen molar-refractivity contribution in [2.75, 3.05) is 20.3 Å². The largest absolute Gasteiger partial charge is 0.490 e. The van der Waals surface area contributed by atoms with Crippen molar-refractivity contribution < 1.29 is 9.47 Å². The summed E-state index contributed by atoms with van der Waals surface area (Å²) in [5.74, 6) is 0.572. The Balaban J connectivity index is 2.65. The van der Waals surface area contributed by atoms with Crippen molar-refractivity contribution >= 4 is 11.6 Å². The number of halogens is 1. The van der Waals surface area contributed by atoms with Crippen LogP contribution in [0.3, 0.4) is 0 Å². The maximum atomic E-state index is 8.60. The number of hydrogen-bond acceptors (Lipinski definition) is 3. The summed E-state index contributed by atoms with van der Waals surface area (Å²) in [5, 5.41) is 9.04. The molecule has 3 nitrogen and oxygen atoms in total. The van der Waals surface area contributed by atoms with E-state index in [9.17, 15) is 0 Å². The van der Waals surface area contributed by atoms with E-state index in [1.807, 2.05) is 6.07 Å². The first-order chi connectivity index (χ1) is 6.77. The van der Waals surface area contributed by atoms with Gasteiger partial charge in [0.1, 0.15) is 12.4 Å². The van der Waals surface area contributed by atoms with Gasteiger partial charge < -0.3 is 9.47 Å². The average molecular weight is 212 g/mol. The zero-order valence-electron chi connectivity index (χ0n) is 7.79. The third kappa shape index (κ3) is 2.91. The lowest BCUT2D eigenvalue weighted by molar-refractivity contribution is 0.146. The molecule has 14 heavy (non-hydrogen) atoms. The Bertz CT molecular complexity index is 346. The van der Waals surface area contributed by atoms with Gasteiger partial charge in [0.05, 0.1) is 23.3 Å². The van der Waals surface area contributed by atoms with Gasteiger partial charge in [-0.2, -0.15) is 5.26 Å². The second-order valence-electron chi connectivity index (χ2n) is 2.60. The van der Waals surface area contributed by atoms with Crippen LogP contribution >= 0.6 is 11.6 Å². The Morgan fingerprint density at radius 1 is 1.43 bits per heavy atom. The van der Waals surface area contributed by atoms with E-state index < -0.39 is 0 Å². The number of methoxy groups -OCH3 is 1. The second-order valence-corrected chi connectivity index (χ2v) is 3.01. The number of nitrogens with zero attached hydrogens (tertiary/aromatic N) is 1. The van der Waals surface area contributed by atoms with E-state index in [4.69, 9.17) is 26.3 Å². The highest BCUT2D eigenvalue weighted by atomic mass is 35.5. The van der Waals surface area contributed by atoms with E-state index >= 15 is 0 Å². The van der Waals surface area contributed by atoms with E-state index in [-0.39, 0.29) is 0 Å². The highest BCUT2D eigenvalue weighted by Gasteiger charge is 2.02. The van der Waals surface area contributed by atoms with Crippen LogP contribution in [0.15, 0.2) is 18.2 Å². The minimum Gasteiger partial charge on any atom is -0.490 e. The van der Waals surface area contributed by atoms with Crippen LogP contribution in [0.25, 0.3) is 0 Å². The summed E-state index contributed by atoms with van der Waals surface area (Å²) >= 11 is 5.87. The molecule has 0 spiro atoms. The van der Waals surface area contributed by atoms with Crippen LogP contribution in [-0.2, 0) is 4.74 Å². The van der Waals surface area contributed by atoms with Crippen molar-refractivity contribution in [2.45, 2.75) is 0 Å². The Morgan fingerprint density at radius 3 is 2.79 bits per heavy atom. The number of nitriles is 1. The first-order valence-electron chi connectivity index (χ1n) is 4.09. The first kappa shape index (κ1) is 10.8. The second kappa shape index (κ2) is 5.48. The molecule has 0 N–H and O–H groups in total. The SMILES string of the molecule is COCCOc1ccc(C#N)cc1Cl. The Hall–Kier alpha value is -1.24. The van der Waals surface area contributed by atoms with Crippen molar-refractivity contribution in [1.29, 1.82) is 5.26 Å². The minimum absolute atomic E-state index is 0.445. The lowest BCUT2D eigenvalue weighted by Crippen LogP contribution is -2.04. The molecular formula is C10H10ClNO2. The van der Waals surface area contributed by atoms with Crippen molar-refractivity contribution in [3.63, 3.8) is 0 Å². The molecule has 0 saturated heterocycles. The molecule has 0 fully saturated rings. The van der Waals surface area contributed by atoms with Gasteiger partial charge in [-0.25, -0.2) is 0 Å². The molecule has 1 rings (SSSR count). The van der Waals surface area contributed by atoms with Crippen LogP contribution in [0.4, 0.5) is 0 Å². The Kier molecular flexibility index (Phi) is 4.24. The van der Waals surface area contributed by atoms with Crippen LogP contribution in [0.5, 0.6) is 5.75 Å². The lowest BCUT2D eigenvalue weighted by Gasteiger charge is -2.06. The van der Waals surface area contributed by atoms with E-state index in [0.29, 0.717) is 29.5 Å². The maximum absolute atomic E-state index is 8.60. The molecule has 0 atom stereocenters. The fourth-order valence-corrected chi connectivity index (χ4v) is 1.16. The molecule has 0 radical (unpaired) electrons. The topological polar surface area (TPSA) is 42.2 Å². The van der Waals surface area contributed by atoms with E-state index in [1.54, 1.807) is 25.3 Å². The monoisotopic (exact) mass is 211 g/mol. The normalized spacial score (nSPS) is 9.50. The summed E-state index contributed by atoms with van der Waals surface area (Å²) < 4.78 is 10.1. The van der Waals surface area contributed by atoms with Gasteiger partial charge in [-0.3, -0.25) is 0 Å². The fourth-order valence-electron chi connectivity index (χ4n) is 0.922. The molecule has 0 aliphatic heterocycles. The van der Waals surface area contributed by atoms with Crippen LogP contribution < -0.4 is 4.74 Å². The summed E-state index contributed by atoms with van der Waals surface area (Å²) in [4.78, 5) is 0. The van der Waals surface area contributed by atoms with Crippen molar-refractivity contribution in [3.8, 4) is 11.8 Å². The van der Waals surface area contributed by atoms with E-state index in [2.05, 4.69) is 0 Å². The predicted molar refractivity (Wildman–Crippen MR) is 53.5 cm³/mol. The van der Waals surface area contributed by atoms with Crippen molar-refractivity contribution in [2.24, 2.45) is 0 Å². The van der Waals surface area contributed by atoms with Gasteiger partial charge in [-0.05, 0) is 18.2 Å². The molecule has 0 aliphatic carbocycles. The first-order valence-corrected chi connectivity index (χ1v) is 4.47. The van der Waals surface area contributed by atoms with Gasteiger partial charge in [-0.1, -0.05) is 11.6 Å². The molecule has 1 aromatic rings. The molecule has 0 saturated carbocycles. The Morgan fingerprint density at radius 2 is 2.21 bits per heavy atom. The lowest BCUT2D eigenvalue weighted by atomic mass is 10.2. The molecule has 0 bridgehead atoms. The summed E-state index contributed by atoms with van der Waals surface area (Å²) in [5.41, 5.74) is 0.522. The summed E-state index contributed by atoms with van der Waals surface area (Å²) in [6.45, 7) is 0.957. The molecule has 0 unspecified atom stereocenters. The molecule has 0 aliphatic rings. The third-order valence-corrected chi connectivity index (χ3v) is 1.90. The summed E-state index contributed by atoms with van der Waals surface area (Å²) in [7, 11) is 1.60. The quantitative estimate of drug-likeness (QED) is 0.718. The van der Waals surface area contributed by atoms with Crippen LogP contribution in [0.1, 0.15) is 5.56 Å². The van der Waals surface area contributed by atoms with Gasteiger partial charge >= 0.3 is 0 Å².